The molecule has 1 unspecified atom stereocenters. The van der Waals surface area contributed by atoms with Crippen molar-refractivity contribution < 1.29 is 5.11 Å². The summed E-state index contributed by atoms with van der Waals surface area (Å²) < 4.78 is 0. The number of hydrogen-bond donors (Lipinski definition) is 1. The lowest BCUT2D eigenvalue weighted by molar-refractivity contribution is 0.146. The molecule has 1 heteroatoms. The monoisotopic (exact) mass is 216 g/mol. The molecule has 0 amide bonds. The summed E-state index contributed by atoms with van der Waals surface area (Å²) in [6.07, 6.45) is 3.64. The summed E-state index contributed by atoms with van der Waals surface area (Å²) in [7, 11) is 0. The summed E-state index contributed by atoms with van der Waals surface area (Å²) in [5.41, 5.74) is 4.07. The maximum atomic E-state index is 9.89. The Morgan fingerprint density at radius 2 is 1.94 bits per heavy atom. The van der Waals surface area contributed by atoms with E-state index in [-0.39, 0.29) is 11.5 Å². The fourth-order valence-electron chi connectivity index (χ4n) is 2.62. The molecule has 86 valence electrons. The van der Waals surface area contributed by atoms with Gasteiger partial charge in [0.15, 0.2) is 0 Å². The van der Waals surface area contributed by atoms with Gasteiger partial charge in [0.25, 0.3) is 0 Å². The largest absolute Gasteiger partial charge is 0.389 e. The van der Waals surface area contributed by atoms with Crippen LogP contribution in [0.15, 0.2) is 30.3 Å². The Bertz CT molecular complexity index is 415. The van der Waals surface area contributed by atoms with Gasteiger partial charge < -0.3 is 5.11 Å². The van der Waals surface area contributed by atoms with E-state index in [0.717, 1.165) is 12.8 Å². The van der Waals surface area contributed by atoms with Gasteiger partial charge in [-0.1, -0.05) is 44.2 Å². The molecule has 1 atom stereocenters. The van der Waals surface area contributed by atoms with E-state index in [4.69, 9.17) is 0 Å². The van der Waals surface area contributed by atoms with Crippen molar-refractivity contribution in [3.8, 4) is 0 Å². The average molecular weight is 216 g/mol. The second-order valence-electron chi connectivity index (χ2n) is 5.62. The standard InChI is InChI=1S/C15H20O/c1-11-6-4-5-7-14(11)12-8-13(16)10-15(2,3)9-12/h4-8,13,16H,9-10H2,1-3H3. The first-order valence-corrected chi connectivity index (χ1v) is 5.93. The van der Waals surface area contributed by atoms with Crippen molar-refractivity contribution in [3.63, 3.8) is 0 Å². The Hall–Kier alpha value is -1.08. The highest BCUT2D eigenvalue weighted by atomic mass is 16.3. The minimum Gasteiger partial charge on any atom is -0.389 e. The van der Waals surface area contributed by atoms with Gasteiger partial charge in [0.05, 0.1) is 6.10 Å². The van der Waals surface area contributed by atoms with Crippen molar-refractivity contribution in [1.29, 1.82) is 0 Å². The highest BCUT2D eigenvalue weighted by Gasteiger charge is 2.28. The molecule has 0 heterocycles. The highest BCUT2D eigenvalue weighted by Crippen LogP contribution is 2.40. The topological polar surface area (TPSA) is 20.2 Å². The molecule has 1 aliphatic rings. The molecule has 1 nitrogen and oxygen atoms in total. The molecule has 2 rings (SSSR count). The van der Waals surface area contributed by atoms with Crippen molar-refractivity contribution >= 4 is 5.57 Å². The lowest BCUT2D eigenvalue weighted by atomic mass is 9.74. The number of aliphatic hydroxyl groups is 1. The summed E-state index contributed by atoms with van der Waals surface area (Å²) in [6, 6.07) is 8.40. The van der Waals surface area contributed by atoms with Gasteiger partial charge >= 0.3 is 0 Å². The fourth-order valence-corrected chi connectivity index (χ4v) is 2.62. The van der Waals surface area contributed by atoms with Gasteiger partial charge in [0.1, 0.15) is 0 Å². The fraction of sp³-hybridized carbons (Fsp3) is 0.467. The third-order valence-electron chi connectivity index (χ3n) is 3.32. The van der Waals surface area contributed by atoms with Crippen molar-refractivity contribution in [3.05, 3.63) is 41.5 Å². The second-order valence-corrected chi connectivity index (χ2v) is 5.62. The van der Waals surface area contributed by atoms with Crippen LogP contribution >= 0.6 is 0 Å². The molecular formula is C15H20O. The molecule has 0 radical (unpaired) electrons. The summed E-state index contributed by atoms with van der Waals surface area (Å²) >= 11 is 0. The minimum atomic E-state index is -0.293. The van der Waals surface area contributed by atoms with E-state index in [1.165, 1.54) is 16.7 Å². The predicted octanol–water partition coefficient (Wildman–Crippen LogP) is 3.56. The SMILES string of the molecule is Cc1ccccc1C1=CC(O)CC(C)(C)C1. The van der Waals surface area contributed by atoms with Crippen molar-refractivity contribution in [2.24, 2.45) is 5.41 Å². The van der Waals surface area contributed by atoms with Crippen LogP contribution in [0.2, 0.25) is 0 Å². The maximum absolute atomic E-state index is 9.89. The zero-order chi connectivity index (χ0) is 11.8. The van der Waals surface area contributed by atoms with Crippen LogP contribution in [0.4, 0.5) is 0 Å². The number of hydrogen-bond acceptors (Lipinski definition) is 1. The van der Waals surface area contributed by atoms with Crippen LogP contribution < -0.4 is 0 Å². The summed E-state index contributed by atoms with van der Waals surface area (Å²) in [4.78, 5) is 0. The van der Waals surface area contributed by atoms with E-state index in [0.29, 0.717) is 0 Å². The first kappa shape index (κ1) is 11.4. The Labute approximate surface area is 97.8 Å². The molecule has 0 aromatic heterocycles. The Morgan fingerprint density at radius 3 is 2.56 bits per heavy atom. The van der Waals surface area contributed by atoms with E-state index in [1.807, 2.05) is 6.08 Å². The first-order chi connectivity index (χ1) is 7.48. The van der Waals surface area contributed by atoms with Crippen LogP contribution in [0.5, 0.6) is 0 Å². The van der Waals surface area contributed by atoms with Gasteiger partial charge in [0.2, 0.25) is 0 Å². The quantitative estimate of drug-likeness (QED) is 0.761. The predicted molar refractivity (Wildman–Crippen MR) is 68.2 cm³/mol. The summed E-state index contributed by atoms with van der Waals surface area (Å²) in [5.74, 6) is 0. The summed E-state index contributed by atoms with van der Waals surface area (Å²) in [5, 5.41) is 9.89. The highest BCUT2D eigenvalue weighted by molar-refractivity contribution is 5.69. The van der Waals surface area contributed by atoms with Gasteiger partial charge in [-0.2, -0.15) is 0 Å². The maximum Gasteiger partial charge on any atom is 0.0732 e. The molecule has 0 fully saturated rings. The van der Waals surface area contributed by atoms with Gasteiger partial charge in [-0.3, -0.25) is 0 Å². The van der Waals surface area contributed by atoms with E-state index in [2.05, 4.69) is 45.0 Å². The first-order valence-electron chi connectivity index (χ1n) is 5.93. The molecule has 0 spiro atoms. The molecule has 16 heavy (non-hydrogen) atoms. The number of rotatable bonds is 1. The molecule has 0 saturated heterocycles. The van der Waals surface area contributed by atoms with E-state index >= 15 is 0 Å². The van der Waals surface area contributed by atoms with Crippen molar-refractivity contribution in [1.82, 2.24) is 0 Å². The van der Waals surface area contributed by atoms with Crippen LogP contribution in [0, 0.1) is 12.3 Å². The van der Waals surface area contributed by atoms with Crippen LogP contribution in [0.3, 0.4) is 0 Å². The van der Waals surface area contributed by atoms with Crippen molar-refractivity contribution in [2.45, 2.75) is 39.7 Å². The molecule has 0 saturated carbocycles. The van der Waals surface area contributed by atoms with Gasteiger partial charge in [-0.15, -0.1) is 0 Å². The van der Waals surface area contributed by atoms with E-state index in [9.17, 15) is 5.11 Å². The Morgan fingerprint density at radius 1 is 1.25 bits per heavy atom. The van der Waals surface area contributed by atoms with Gasteiger partial charge in [-0.25, -0.2) is 0 Å². The van der Waals surface area contributed by atoms with E-state index < -0.39 is 0 Å². The number of benzene rings is 1. The molecule has 0 bridgehead atoms. The van der Waals surface area contributed by atoms with E-state index in [1.54, 1.807) is 0 Å². The normalized spacial score (nSPS) is 24.0. The zero-order valence-electron chi connectivity index (χ0n) is 10.3. The molecule has 1 aromatic rings. The lowest BCUT2D eigenvalue weighted by Crippen LogP contribution is -2.24. The van der Waals surface area contributed by atoms with Crippen LogP contribution in [0.25, 0.3) is 5.57 Å². The van der Waals surface area contributed by atoms with Crippen LogP contribution in [-0.4, -0.2) is 11.2 Å². The Balaban J connectivity index is 2.38. The molecule has 1 N–H and O–H groups in total. The van der Waals surface area contributed by atoms with Crippen LogP contribution in [-0.2, 0) is 0 Å². The third-order valence-corrected chi connectivity index (χ3v) is 3.32. The zero-order valence-corrected chi connectivity index (χ0v) is 10.3. The van der Waals surface area contributed by atoms with Gasteiger partial charge in [-0.05, 0) is 41.9 Å². The molecule has 1 aromatic carbocycles. The smallest absolute Gasteiger partial charge is 0.0732 e. The minimum absolute atomic E-state index is 0.200. The lowest BCUT2D eigenvalue weighted by Gasteiger charge is -2.33. The number of aryl methyl sites for hydroxylation is 1. The summed E-state index contributed by atoms with van der Waals surface area (Å²) in [6.45, 7) is 6.58. The van der Waals surface area contributed by atoms with Crippen LogP contribution in [0.1, 0.15) is 37.8 Å². The van der Waals surface area contributed by atoms with Crippen molar-refractivity contribution in [2.75, 3.05) is 0 Å². The molecule has 1 aliphatic carbocycles. The second kappa shape index (κ2) is 4.06. The number of aliphatic hydroxyl groups excluding tert-OH is 1. The van der Waals surface area contributed by atoms with Gasteiger partial charge in [0, 0.05) is 0 Å². The number of allylic oxidation sites excluding steroid dienone is 1. The molecular weight excluding hydrogens is 196 g/mol. The third kappa shape index (κ3) is 2.35. The average Bonchev–Trinajstić information content (AvgIpc) is 2.15. The molecule has 0 aliphatic heterocycles. The Kier molecular flexibility index (Phi) is 2.90.